The third kappa shape index (κ3) is 4.27. The maximum Gasteiger partial charge on any atom is 0.410 e. The summed E-state index contributed by atoms with van der Waals surface area (Å²) in [6.45, 7) is 1.01. The summed E-state index contributed by atoms with van der Waals surface area (Å²) in [6.07, 6.45) is -4.45. The van der Waals surface area contributed by atoms with Gasteiger partial charge in [-0.25, -0.2) is 0 Å². The molecule has 1 aromatic carbocycles. The van der Waals surface area contributed by atoms with Crippen LogP contribution in [0.1, 0.15) is 24.2 Å². The van der Waals surface area contributed by atoms with Crippen molar-refractivity contribution in [2.75, 3.05) is 0 Å². The Balaban J connectivity index is 2.25. The standard InChI is InChI=1S/C14H11F3N2O2/c1-9(20)11(8-14(15,16)17)13-18-12(19-21-13)7-10-5-3-2-4-6-10/h2-6,8H,7H2,1H3. The first kappa shape index (κ1) is 15.0. The molecule has 0 atom stereocenters. The molecule has 110 valence electrons. The maximum absolute atomic E-state index is 12.4. The zero-order chi connectivity index (χ0) is 15.5. The summed E-state index contributed by atoms with van der Waals surface area (Å²) >= 11 is 0. The monoisotopic (exact) mass is 296 g/mol. The molecule has 0 unspecified atom stereocenters. The Hall–Kier alpha value is -2.44. The number of halogens is 3. The predicted octanol–water partition coefficient (Wildman–Crippen LogP) is 3.20. The molecule has 0 radical (unpaired) electrons. The third-order valence-electron chi connectivity index (χ3n) is 2.59. The van der Waals surface area contributed by atoms with Crippen LogP contribution in [0.25, 0.3) is 5.57 Å². The Labute approximate surface area is 118 Å². The fraction of sp³-hybridized carbons (Fsp3) is 0.214. The first-order chi connectivity index (χ1) is 9.85. The Kier molecular flexibility index (Phi) is 4.21. The van der Waals surface area contributed by atoms with Crippen LogP contribution in [0.2, 0.25) is 0 Å². The van der Waals surface area contributed by atoms with Crippen molar-refractivity contribution in [3.05, 3.63) is 53.7 Å². The van der Waals surface area contributed by atoms with E-state index in [1.807, 2.05) is 30.3 Å². The fourth-order valence-corrected chi connectivity index (χ4v) is 1.69. The smallest absolute Gasteiger partial charge is 0.334 e. The van der Waals surface area contributed by atoms with Gasteiger partial charge in [-0.3, -0.25) is 4.79 Å². The van der Waals surface area contributed by atoms with E-state index in [4.69, 9.17) is 4.52 Å². The van der Waals surface area contributed by atoms with Crippen molar-refractivity contribution >= 4 is 11.4 Å². The topological polar surface area (TPSA) is 56.0 Å². The second-order valence-electron chi connectivity index (χ2n) is 4.33. The number of alkyl halides is 3. The average Bonchev–Trinajstić information content (AvgIpc) is 2.84. The molecule has 0 aliphatic heterocycles. The van der Waals surface area contributed by atoms with Crippen LogP contribution in [0, 0.1) is 0 Å². The van der Waals surface area contributed by atoms with Crippen LogP contribution < -0.4 is 0 Å². The first-order valence-electron chi connectivity index (χ1n) is 6.02. The highest BCUT2D eigenvalue weighted by molar-refractivity contribution is 6.18. The molecule has 0 spiro atoms. The number of carbonyl (C=O) groups excluding carboxylic acids is 1. The number of nitrogens with zero attached hydrogens (tertiary/aromatic N) is 2. The number of Topliss-reactive ketones (excluding diaryl/α,β-unsaturated/α-hetero) is 1. The quantitative estimate of drug-likeness (QED) is 0.813. The highest BCUT2D eigenvalue weighted by Gasteiger charge is 2.28. The molecule has 0 fully saturated rings. The van der Waals surface area contributed by atoms with Gasteiger partial charge < -0.3 is 4.52 Å². The summed E-state index contributed by atoms with van der Waals surface area (Å²) in [5.41, 5.74) is 0.239. The highest BCUT2D eigenvalue weighted by Crippen LogP contribution is 2.24. The number of aromatic nitrogens is 2. The molecule has 21 heavy (non-hydrogen) atoms. The Morgan fingerprint density at radius 3 is 2.52 bits per heavy atom. The van der Waals surface area contributed by atoms with E-state index < -0.39 is 23.4 Å². The first-order valence-corrected chi connectivity index (χ1v) is 6.02. The van der Waals surface area contributed by atoms with Crippen molar-refractivity contribution in [2.45, 2.75) is 19.5 Å². The number of ketones is 1. The van der Waals surface area contributed by atoms with Crippen LogP contribution in [0.3, 0.4) is 0 Å². The van der Waals surface area contributed by atoms with Gasteiger partial charge in [0.2, 0.25) is 0 Å². The van der Waals surface area contributed by atoms with Crippen LogP contribution in [0.5, 0.6) is 0 Å². The van der Waals surface area contributed by atoms with Gasteiger partial charge >= 0.3 is 6.18 Å². The van der Waals surface area contributed by atoms with Gasteiger partial charge in [-0.1, -0.05) is 35.5 Å². The number of rotatable bonds is 4. The lowest BCUT2D eigenvalue weighted by molar-refractivity contribution is -0.112. The van der Waals surface area contributed by atoms with Crippen molar-refractivity contribution in [3.8, 4) is 0 Å². The maximum atomic E-state index is 12.4. The summed E-state index contributed by atoms with van der Waals surface area (Å²) in [4.78, 5) is 15.1. The lowest BCUT2D eigenvalue weighted by atomic mass is 10.1. The fourth-order valence-electron chi connectivity index (χ4n) is 1.69. The van der Waals surface area contributed by atoms with Crippen molar-refractivity contribution in [2.24, 2.45) is 0 Å². The van der Waals surface area contributed by atoms with Crippen LogP contribution in [-0.4, -0.2) is 22.1 Å². The molecule has 0 aliphatic carbocycles. The SMILES string of the molecule is CC(=O)C(=CC(F)(F)F)c1nc(Cc2ccccc2)no1. The Morgan fingerprint density at radius 1 is 1.29 bits per heavy atom. The van der Waals surface area contributed by atoms with Crippen molar-refractivity contribution in [3.63, 3.8) is 0 Å². The molecule has 0 saturated heterocycles. The molecule has 4 nitrogen and oxygen atoms in total. The van der Waals surface area contributed by atoms with Gasteiger partial charge in [-0.05, 0) is 12.5 Å². The van der Waals surface area contributed by atoms with E-state index in [2.05, 4.69) is 10.1 Å². The third-order valence-corrected chi connectivity index (χ3v) is 2.59. The normalized spacial score (nSPS) is 12.5. The molecular weight excluding hydrogens is 285 g/mol. The summed E-state index contributed by atoms with van der Waals surface area (Å²) < 4.78 is 41.9. The Bertz CT molecular complexity index is 660. The van der Waals surface area contributed by atoms with E-state index in [9.17, 15) is 18.0 Å². The van der Waals surface area contributed by atoms with Gasteiger partial charge in [-0.15, -0.1) is 0 Å². The van der Waals surface area contributed by atoms with Gasteiger partial charge in [-0.2, -0.15) is 18.2 Å². The predicted molar refractivity (Wildman–Crippen MR) is 68.3 cm³/mol. The summed E-state index contributed by atoms with van der Waals surface area (Å²) in [5, 5.41) is 3.60. The number of hydrogen-bond acceptors (Lipinski definition) is 4. The van der Waals surface area contributed by atoms with E-state index in [0.29, 0.717) is 6.42 Å². The lowest BCUT2D eigenvalue weighted by Gasteiger charge is -2.01. The average molecular weight is 296 g/mol. The van der Waals surface area contributed by atoms with Crippen LogP contribution in [0.4, 0.5) is 13.2 Å². The van der Waals surface area contributed by atoms with Gasteiger partial charge in [0.15, 0.2) is 11.6 Å². The molecule has 1 heterocycles. The summed E-state index contributed by atoms with van der Waals surface area (Å²) in [5.74, 6) is -1.00. The molecule has 0 N–H and O–H groups in total. The van der Waals surface area contributed by atoms with Crippen molar-refractivity contribution in [1.82, 2.24) is 10.1 Å². The van der Waals surface area contributed by atoms with E-state index in [1.54, 1.807) is 0 Å². The molecule has 0 aliphatic rings. The largest absolute Gasteiger partial charge is 0.410 e. The van der Waals surface area contributed by atoms with E-state index >= 15 is 0 Å². The van der Waals surface area contributed by atoms with Crippen molar-refractivity contribution in [1.29, 1.82) is 0 Å². The van der Waals surface area contributed by atoms with Gasteiger partial charge in [0.1, 0.15) is 0 Å². The molecule has 1 aromatic heterocycles. The minimum Gasteiger partial charge on any atom is -0.334 e. The molecule has 2 rings (SSSR count). The minimum absolute atomic E-state index is 0.130. The van der Waals surface area contributed by atoms with Crippen LogP contribution in [0.15, 0.2) is 40.9 Å². The highest BCUT2D eigenvalue weighted by atomic mass is 19.4. The zero-order valence-corrected chi connectivity index (χ0v) is 11.0. The van der Waals surface area contributed by atoms with Crippen LogP contribution >= 0.6 is 0 Å². The molecule has 0 saturated carbocycles. The minimum atomic E-state index is -4.63. The van der Waals surface area contributed by atoms with Crippen molar-refractivity contribution < 1.29 is 22.5 Å². The zero-order valence-electron chi connectivity index (χ0n) is 11.0. The van der Waals surface area contributed by atoms with E-state index in [1.165, 1.54) is 0 Å². The number of carbonyl (C=O) groups is 1. The second-order valence-corrected chi connectivity index (χ2v) is 4.33. The molecule has 0 amide bonds. The van der Waals surface area contributed by atoms with E-state index in [-0.39, 0.29) is 11.9 Å². The molecule has 0 bridgehead atoms. The van der Waals surface area contributed by atoms with Gasteiger partial charge in [0, 0.05) is 12.5 Å². The second kappa shape index (κ2) is 5.90. The summed E-state index contributed by atoms with van der Waals surface area (Å²) in [6, 6.07) is 9.13. The van der Waals surface area contributed by atoms with Crippen LogP contribution in [-0.2, 0) is 11.2 Å². The Morgan fingerprint density at radius 2 is 1.95 bits per heavy atom. The number of hydrogen-bond donors (Lipinski definition) is 0. The number of benzene rings is 1. The van der Waals surface area contributed by atoms with E-state index in [0.717, 1.165) is 12.5 Å². The number of allylic oxidation sites excluding steroid dienone is 2. The molecular formula is C14H11F3N2O2. The van der Waals surface area contributed by atoms with Gasteiger partial charge in [0.05, 0.1) is 5.57 Å². The molecule has 2 aromatic rings. The molecule has 7 heteroatoms. The summed E-state index contributed by atoms with van der Waals surface area (Å²) in [7, 11) is 0. The van der Waals surface area contributed by atoms with Gasteiger partial charge in [0.25, 0.3) is 5.89 Å². The lowest BCUT2D eigenvalue weighted by Crippen LogP contribution is -2.07.